The predicted molar refractivity (Wildman–Crippen MR) is 160 cm³/mol. The first-order valence-corrected chi connectivity index (χ1v) is 15.3. The van der Waals surface area contributed by atoms with Gasteiger partial charge in [-0.05, 0) is 49.7 Å². The zero-order valence-electron chi connectivity index (χ0n) is 25.5. The van der Waals surface area contributed by atoms with Gasteiger partial charge in [0.15, 0.2) is 0 Å². The number of fused-ring (bicyclic) bond motifs is 1. The van der Waals surface area contributed by atoms with E-state index in [9.17, 15) is 24.3 Å². The summed E-state index contributed by atoms with van der Waals surface area (Å²) in [7, 11) is 0. The van der Waals surface area contributed by atoms with Crippen LogP contribution in [0.25, 0.3) is 0 Å². The van der Waals surface area contributed by atoms with E-state index in [0.29, 0.717) is 24.5 Å². The van der Waals surface area contributed by atoms with E-state index in [1.807, 2.05) is 45.0 Å². The Morgan fingerprint density at radius 2 is 1.91 bits per heavy atom. The zero-order valence-corrected chi connectivity index (χ0v) is 25.5. The maximum atomic E-state index is 14.2. The van der Waals surface area contributed by atoms with Gasteiger partial charge in [0.25, 0.3) is 0 Å². The van der Waals surface area contributed by atoms with Gasteiger partial charge in [-0.2, -0.15) is 0 Å². The third-order valence-electron chi connectivity index (χ3n) is 8.93. The molecule has 0 radical (unpaired) electrons. The Morgan fingerprint density at radius 3 is 2.57 bits per heavy atom. The highest BCUT2D eigenvalue weighted by molar-refractivity contribution is 6.03. The van der Waals surface area contributed by atoms with Crippen LogP contribution in [-0.2, 0) is 24.0 Å². The fraction of sp³-hybridized carbons (Fsp3) is 0.594. The SMILES string of the molecule is C=C[C@@H]1C[C@@]1(NC(=O)[C@@H]1C[C@@H](O/N=C2\CCOc3ccccc32)CN1C(=O)[C@@H](NC(=O)OC1CCCC1)C(C)(C)C)C(=O)O. The molecule has 0 unspecified atom stereocenters. The van der Waals surface area contributed by atoms with Crippen LogP contribution >= 0.6 is 0 Å². The van der Waals surface area contributed by atoms with Crippen LogP contribution in [0.4, 0.5) is 4.79 Å². The number of ether oxygens (including phenoxy) is 2. The van der Waals surface area contributed by atoms with E-state index in [4.69, 9.17) is 14.3 Å². The number of hydrogen-bond donors (Lipinski definition) is 3. The molecule has 3 fully saturated rings. The lowest BCUT2D eigenvalue weighted by Gasteiger charge is -2.35. The maximum Gasteiger partial charge on any atom is 0.408 e. The lowest BCUT2D eigenvalue weighted by molar-refractivity contribution is -0.146. The van der Waals surface area contributed by atoms with Crippen molar-refractivity contribution in [2.24, 2.45) is 16.5 Å². The number of nitrogens with one attached hydrogen (secondary N) is 2. The van der Waals surface area contributed by atoms with Crippen molar-refractivity contribution in [3.63, 3.8) is 0 Å². The number of likely N-dealkylation sites (tertiary alicyclic amines) is 1. The molecule has 2 aliphatic carbocycles. The van der Waals surface area contributed by atoms with Gasteiger partial charge in [-0.3, -0.25) is 9.59 Å². The average molecular weight is 611 g/mol. The molecule has 1 aromatic rings. The first-order valence-electron chi connectivity index (χ1n) is 15.3. The van der Waals surface area contributed by atoms with Gasteiger partial charge in [-0.25, -0.2) is 9.59 Å². The molecular formula is C32H42N4O8. The molecule has 2 aliphatic heterocycles. The lowest BCUT2D eigenvalue weighted by atomic mass is 9.85. The molecule has 12 nitrogen and oxygen atoms in total. The minimum atomic E-state index is -1.47. The summed E-state index contributed by atoms with van der Waals surface area (Å²) in [5.74, 6) is -1.98. The highest BCUT2D eigenvalue weighted by Gasteiger charge is 2.61. The number of carboxylic acid groups (broad SMARTS) is 1. The third-order valence-corrected chi connectivity index (χ3v) is 8.93. The molecule has 3 amide bonds. The van der Waals surface area contributed by atoms with Crippen molar-refractivity contribution in [3.05, 3.63) is 42.5 Å². The highest BCUT2D eigenvalue weighted by atomic mass is 16.6. The smallest absolute Gasteiger partial charge is 0.408 e. The second-order valence-electron chi connectivity index (χ2n) is 13.2. The van der Waals surface area contributed by atoms with Gasteiger partial charge in [-0.1, -0.05) is 44.1 Å². The summed E-state index contributed by atoms with van der Waals surface area (Å²) in [6.07, 6.45) is 4.35. The van der Waals surface area contributed by atoms with Crippen LogP contribution in [0.3, 0.4) is 0 Å². The molecule has 5 rings (SSSR count). The Morgan fingerprint density at radius 1 is 1.18 bits per heavy atom. The number of alkyl carbamates (subject to hydrolysis) is 1. The molecule has 1 aromatic carbocycles. The van der Waals surface area contributed by atoms with Crippen LogP contribution in [-0.4, -0.2) is 82.6 Å². The molecule has 4 aliphatic rings. The minimum Gasteiger partial charge on any atom is -0.492 e. The summed E-state index contributed by atoms with van der Waals surface area (Å²) >= 11 is 0. The molecular weight excluding hydrogens is 568 g/mol. The molecule has 0 bridgehead atoms. The van der Waals surface area contributed by atoms with Crippen LogP contribution in [0.15, 0.2) is 42.1 Å². The Bertz CT molecular complexity index is 1330. The predicted octanol–water partition coefficient (Wildman–Crippen LogP) is 3.39. The standard InChI is InChI=1S/C32H42N4O8/c1-5-19-17-32(19,29(39)40)34-27(37)24-16-21(44-35-23-14-15-42-25-13-9-8-12-22(23)25)18-36(24)28(38)26(31(2,3)4)33-30(41)43-20-10-6-7-11-20/h5,8-9,12-13,19-21,24,26H,1,6-7,10-11,14-18H2,2-4H3,(H,33,41)(H,34,37)(H,39,40)/b35-23+/t19-,21-,24+,26-,32+/m1/s1. The Kier molecular flexibility index (Phi) is 8.90. The number of aliphatic carboxylic acids is 1. The summed E-state index contributed by atoms with van der Waals surface area (Å²) in [5, 5.41) is 19.7. The van der Waals surface area contributed by atoms with E-state index >= 15 is 0 Å². The van der Waals surface area contributed by atoms with Gasteiger partial charge < -0.3 is 35.0 Å². The molecule has 12 heteroatoms. The van der Waals surface area contributed by atoms with Crippen molar-refractivity contribution >= 4 is 29.6 Å². The average Bonchev–Trinajstić information content (AvgIpc) is 3.27. The molecule has 238 valence electrons. The van der Waals surface area contributed by atoms with Gasteiger partial charge in [-0.15, -0.1) is 6.58 Å². The normalized spacial score (nSPS) is 27.9. The molecule has 1 saturated heterocycles. The van der Waals surface area contributed by atoms with Crippen molar-refractivity contribution in [2.45, 2.75) is 95.5 Å². The van der Waals surface area contributed by atoms with Crippen molar-refractivity contribution in [3.8, 4) is 5.75 Å². The number of carbonyl (C=O) groups is 4. The number of oxime groups is 1. The van der Waals surface area contributed by atoms with Crippen LogP contribution < -0.4 is 15.4 Å². The number of carbonyl (C=O) groups excluding carboxylic acids is 3. The summed E-state index contributed by atoms with van der Waals surface area (Å²) in [4.78, 5) is 60.1. The summed E-state index contributed by atoms with van der Waals surface area (Å²) in [6.45, 7) is 9.59. The molecule has 2 heterocycles. The quantitative estimate of drug-likeness (QED) is 0.284. The Labute approximate surface area is 257 Å². The molecule has 0 spiro atoms. The van der Waals surface area contributed by atoms with Crippen LogP contribution in [0.5, 0.6) is 5.75 Å². The number of carboxylic acids is 1. The molecule has 2 saturated carbocycles. The second kappa shape index (κ2) is 12.5. The number of benzene rings is 1. The highest BCUT2D eigenvalue weighted by Crippen LogP contribution is 2.45. The lowest BCUT2D eigenvalue weighted by Crippen LogP contribution is -2.59. The monoisotopic (exact) mass is 610 g/mol. The number of para-hydroxylation sites is 1. The molecule has 3 N–H and O–H groups in total. The molecule has 5 atom stereocenters. The van der Waals surface area contributed by atoms with Crippen molar-refractivity contribution in [1.82, 2.24) is 15.5 Å². The van der Waals surface area contributed by atoms with Crippen molar-refractivity contribution in [2.75, 3.05) is 13.2 Å². The van der Waals surface area contributed by atoms with Gasteiger partial charge in [0, 0.05) is 24.3 Å². The van der Waals surface area contributed by atoms with Crippen molar-refractivity contribution < 1.29 is 38.6 Å². The Hall–Kier alpha value is -4.09. The van der Waals surface area contributed by atoms with Gasteiger partial charge >= 0.3 is 12.1 Å². The first kappa shape index (κ1) is 31.3. The second-order valence-corrected chi connectivity index (χ2v) is 13.2. The third kappa shape index (κ3) is 6.53. The van der Waals surface area contributed by atoms with E-state index in [1.54, 1.807) is 0 Å². The Balaban J connectivity index is 1.37. The number of nitrogens with zero attached hydrogens (tertiary/aromatic N) is 2. The van der Waals surface area contributed by atoms with E-state index in [0.717, 1.165) is 31.2 Å². The fourth-order valence-electron chi connectivity index (χ4n) is 6.26. The van der Waals surface area contributed by atoms with E-state index < -0.39 is 58.9 Å². The first-order chi connectivity index (χ1) is 20.9. The van der Waals surface area contributed by atoms with E-state index in [2.05, 4.69) is 22.4 Å². The summed E-state index contributed by atoms with van der Waals surface area (Å²) in [5.41, 5.74) is -0.696. The number of rotatable bonds is 9. The largest absolute Gasteiger partial charge is 0.492 e. The van der Waals surface area contributed by atoms with E-state index in [1.165, 1.54) is 11.0 Å². The van der Waals surface area contributed by atoms with Crippen LogP contribution in [0.2, 0.25) is 0 Å². The summed E-state index contributed by atoms with van der Waals surface area (Å²) in [6, 6.07) is 5.42. The molecule has 0 aromatic heterocycles. The molecule has 44 heavy (non-hydrogen) atoms. The maximum absolute atomic E-state index is 14.2. The fourth-order valence-corrected chi connectivity index (χ4v) is 6.26. The van der Waals surface area contributed by atoms with E-state index in [-0.39, 0.29) is 25.5 Å². The minimum absolute atomic E-state index is 0.0166. The summed E-state index contributed by atoms with van der Waals surface area (Å²) < 4.78 is 11.3. The number of hydrogen-bond acceptors (Lipinski definition) is 8. The van der Waals surface area contributed by atoms with Crippen LogP contribution in [0, 0.1) is 11.3 Å². The van der Waals surface area contributed by atoms with Gasteiger partial charge in [0.05, 0.1) is 18.9 Å². The van der Waals surface area contributed by atoms with Crippen LogP contribution in [0.1, 0.15) is 71.3 Å². The number of amides is 3. The van der Waals surface area contributed by atoms with Crippen molar-refractivity contribution in [1.29, 1.82) is 0 Å². The van der Waals surface area contributed by atoms with Gasteiger partial charge in [0.1, 0.15) is 35.6 Å². The van der Waals surface area contributed by atoms with Gasteiger partial charge in [0.2, 0.25) is 11.8 Å². The topological polar surface area (TPSA) is 156 Å². The zero-order chi connectivity index (χ0) is 31.6.